The maximum absolute atomic E-state index is 12.2. The Bertz CT molecular complexity index is 384. The summed E-state index contributed by atoms with van der Waals surface area (Å²) < 4.78 is 5.48. The Kier molecular flexibility index (Phi) is 5.27. The van der Waals surface area contributed by atoms with Crippen LogP contribution in [0.5, 0.6) is 5.75 Å². The summed E-state index contributed by atoms with van der Waals surface area (Å²) in [6, 6.07) is 7.30. The van der Waals surface area contributed by atoms with Gasteiger partial charge in [0.25, 0.3) is 5.91 Å². The Morgan fingerprint density at radius 1 is 1.35 bits per heavy atom. The highest BCUT2D eigenvalue weighted by molar-refractivity contribution is 5.96. The summed E-state index contributed by atoms with van der Waals surface area (Å²) in [7, 11) is 0. The quantitative estimate of drug-likeness (QED) is 0.707. The Balaban J connectivity index is 2.95. The van der Waals surface area contributed by atoms with Crippen molar-refractivity contribution in [1.82, 2.24) is 4.90 Å². The van der Waals surface area contributed by atoms with E-state index in [2.05, 4.69) is 6.58 Å². The molecular formula is C14H19NO2. The van der Waals surface area contributed by atoms with Gasteiger partial charge in [-0.3, -0.25) is 4.79 Å². The Labute approximate surface area is 103 Å². The molecule has 0 aliphatic heterocycles. The second-order valence-corrected chi connectivity index (χ2v) is 3.57. The van der Waals surface area contributed by atoms with Crippen LogP contribution in [-0.4, -0.2) is 30.5 Å². The Morgan fingerprint density at radius 2 is 2.00 bits per heavy atom. The molecule has 0 bridgehead atoms. The lowest BCUT2D eigenvalue weighted by atomic mass is 10.1. The van der Waals surface area contributed by atoms with E-state index in [4.69, 9.17) is 4.74 Å². The van der Waals surface area contributed by atoms with Crippen LogP contribution >= 0.6 is 0 Å². The average Bonchev–Trinajstić information content (AvgIpc) is 2.38. The molecule has 1 aromatic rings. The average molecular weight is 233 g/mol. The zero-order valence-electron chi connectivity index (χ0n) is 10.5. The second-order valence-electron chi connectivity index (χ2n) is 3.57. The van der Waals surface area contributed by atoms with E-state index in [0.29, 0.717) is 31.0 Å². The van der Waals surface area contributed by atoms with Crippen molar-refractivity contribution in [2.75, 3.05) is 19.7 Å². The van der Waals surface area contributed by atoms with Gasteiger partial charge >= 0.3 is 0 Å². The standard InChI is InChI=1S/C14H19NO2/c1-4-11-17-13-10-8-7-9-12(13)14(16)15(5-2)6-3/h4,7-10H,1,5-6,11H2,2-3H3. The van der Waals surface area contributed by atoms with Crippen LogP contribution in [0, 0.1) is 0 Å². The van der Waals surface area contributed by atoms with Gasteiger partial charge in [-0.2, -0.15) is 0 Å². The fourth-order valence-electron chi connectivity index (χ4n) is 1.60. The maximum Gasteiger partial charge on any atom is 0.257 e. The van der Waals surface area contributed by atoms with Crippen molar-refractivity contribution in [2.24, 2.45) is 0 Å². The van der Waals surface area contributed by atoms with Gasteiger partial charge < -0.3 is 9.64 Å². The van der Waals surface area contributed by atoms with Crippen molar-refractivity contribution in [3.63, 3.8) is 0 Å². The minimum absolute atomic E-state index is 0.00895. The summed E-state index contributed by atoms with van der Waals surface area (Å²) in [5.41, 5.74) is 0.609. The highest BCUT2D eigenvalue weighted by Gasteiger charge is 2.16. The smallest absolute Gasteiger partial charge is 0.257 e. The fraction of sp³-hybridized carbons (Fsp3) is 0.357. The molecular weight excluding hydrogens is 214 g/mol. The van der Waals surface area contributed by atoms with E-state index in [1.165, 1.54) is 0 Å². The molecule has 0 saturated carbocycles. The lowest BCUT2D eigenvalue weighted by molar-refractivity contribution is 0.0769. The van der Waals surface area contributed by atoms with Crippen LogP contribution in [0.4, 0.5) is 0 Å². The first kappa shape index (κ1) is 13.3. The molecule has 1 aromatic carbocycles. The van der Waals surface area contributed by atoms with E-state index in [-0.39, 0.29) is 5.91 Å². The molecule has 3 nitrogen and oxygen atoms in total. The number of ether oxygens (including phenoxy) is 1. The summed E-state index contributed by atoms with van der Waals surface area (Å²) in [4.78, 5) is 14.0. The highest BCUT2D eigenvalue weighted by Crippen LogP contribution is 2.19. The van der Waals surface area contributed by atoms with E-state index >= 15 is 0 Å². The third-order valence-electron chi connectivity index (χ3n) is 2.52. The summed E-state index contributed by atoms with van der Waals surface area (Å²) in [6.45, 7) is 9.34. The summed E-state index contributed by atoms with van der Waals surface area (Å²) in [6.07, 6.45) is 1.67. The van der Waals surface area contributed by atoms with Gasteiger partial charge in [0.2, 0.25) is 0 Å². The van der Waals surface area contributed by atoms with Crippen LogP contribution in [0.3, 0.4) is 0 Å². The highest BCUT2D eigenvalue weighted by atomic mass is 16.5. The Hall–Kier alpha value is -1.77. The normalized spacial score (nSPS) is 9.76. The minimum Gasteiger partial charge on any atom is -0.489 e. The molecule has 1 amide bonds. The zero-order valence-corrected chi connectivity index (χ0v) is 10.5. The van der Waals surface area contributed by atoms with Gasteiger partial charge in [-0.05, 0) is 26.0 Å². The van der Waals surface area contributed by atoms with Crippen LogP contribution in [0.25, 0.3) is 0 Å². The van der Waals surface area contributed by atoms with Gasteiger partial charge in [0.1, 0.15) is 12.4 Å². The van der Waals surface area contributed by atoms with Gasteiger partial charge in [0, 0.05) is 13.1 Å². The molecule has 92 valence electrons. The lowest BCUT2D eigenvalue weighted by Gasteiger charge is -2.20. The van der Waals surface area contributed by atoms with Crippen LogP contribution in [0.15, 0.2) is 36.9 Å². The number of para-hydroxylation sites is 1. The molecule has 0 spiro atoms. The third-order valence-corrected chi connectivity index (χ3v) is 2.52. The number of hydrogen-bond donors (Lipinski definition) is 0. The molecule has 0 aliphatic carbocycles. The van der Waals surface area contributed by atoms with Crippen LogP contribution in [0.2, 0.25) is 0 Å². The molecule has 0 aliphatic rings. The largest absolute Gasteiger partial charge is 0.489 e. The topological polar surface area (TPSA) is 29.5 Å². The fourth-order valence-corrected chi connectivity index (χ4v) is 1.60. The molecule has 3 heteroatoms. The van der Waals surface area contributed by atoms with Gasteiger partial charge in [-0.15, -0.1) is 0 Å². The van der Waals surface area contributed by atoms with Crippen LogP contribution < -0.4 is 4.74 Å². The second kappa shape index (κ2) is 6.74. The molecule has 0 radical (unpaired) electrons. The Morgan fingerprint density at radius 3 is 2.59 bits per heavy atom. The molecule has 0 N–H and O–H groups in total. The van der Waals surface area contributed by atoms with Gasteiger partial charge in [0.05, 0.1) is 5.56 Å². The number of benzene rings is 1. The molecule has 1 rings (SSSR count). The molecule has 0 heterocycles. The van der Waals surface area contributed by atoms with Gasteiger partial charge in [-0.25, -0.2) is 0 Å². The molecule has 0 aromatic heterocycles. The summed E-state index contributed by atoms with van der Waals surface area (Å²) >= 11 is 0. The number of nitrogens with zero attached hydrogens (tertiary/aromatic N) is 1. The summed E-state index contributed by atoms with van der Waals surface area (Å²) in [5.74, 6) is 0.624. The first-order valence-electron chi connectivity index (χ1n) is 5.86. The monoisotopic (exact) mass is 233 g/mol. The molecule has 0 saturated heterocycles. The predicted octanol–water partition coefficient (Wildman–Crippen LogP) is 2.73. The van der Waals surface area contributed by atoms with Gasteiger partial charge in [-0.1, -0.05) is 24.8 Å². The molecule has 17 heavy (non-hydrogen) atoms. The predicted molar refractivity (Wildman–Crippen MR) is 69.4 cm³/mol. The van der Waals surface area contributed by atoms with E-state index in [1.54, 1.807) is 23.1 Å². The van der Waals surface area contributed by atoms with E-state index < -0.39 is 0 Å². The number of amides is 1. The SMILES string of the molecule is C=CCOc1ccccc1C(=O)N(CC)CC. The van der Waals surface area contributed by atoms with Crippen LogP contribution in [0.1, 0.15) is 24.2 Å². The van der Waals surface area contributed by atoms with E-state index in [0.717, 1.165) is 0 Å². The minimum atomic E-state index is 0.00895. The zero-order chi connectivity index (χ0) is 12.7. The number of rotatable bonds is 6. The third kappa shape index (κ3) is 3.34. The molecule has 0 fully saturated rings. The van der Waals surface area contributed by atoms with Crippen molar-refractivity contribution < 1.29 is 9.53 Å². The first-order valence-corrected chi connectivity index (χ1v) is 5.86. The number of hydrogen-bond acceptors (Lipinski definition) is 2. The summed E-state index contributed by atoms with van der Waals surface area (Å²) in [5, 5.41) is 0. The van der Waals surface area contributed by atoms with E-state index in [9.17, 15) is 4.79 Å². The van der Waals surface area contributed by atoms with Crippen molar-refractivity contribution in [3.8, 4) is 5.75 Å². The maximum atomic E-state index is 12.2. The van der Waals surface area contributed by atoms with Gasteiger partial charge in [0.15, 0.2) is 0 Å². The number of carbonyl (C=O) groups excluding carboxylic acids is 1. The molecule has 0 unspecified atom stereocenters. The van der Waals surface area contributed by atoms with Crippen molar-refractivity contribution in [2.45, 2.75) is 13.8 Å². The number of carbonyl (C=O) groups is 1. The molecule has 0 atom stereocenters. The van der Waals surface area contributed by atoms with Crippen molar-refractivity contribution >= 4 is 5.91 Å². The van der Waals surface area contributed by atoms with E-state index in [1.807, 2.05) is 26.0 Å². The lowest BCUT2D eigenvalue weighted by Crippen LogP contribution is -2.30. The van der Waals surface area contributed by atoms with Crippen LogP contribution in [-0.2, 0) is 0 Å². The first-order chi connectivity index (χ1) is 8.24. The van der Waals surface area contributed by atoms with Crippen molar-refractivity contribution in [1.29, 1.82) is 0 Å². The van der Waals surface area contributed by atoms with Crippen molar-refractivity contribution in [3.05, 3.63) is 42.5 Å².